The van der Waals surface area contributed by atoms with Crippen molar-refractivity contribution in [2.45, 2.75) is 110 Å². The third-order valence-corrected chi connectivity index (χ3v) is 12.8. The Bertz CT molecular complexity index is 1960. The maximum Gasteiger partial charge on any atom is 0.410 e. The molecule has 1 aromatic heterocycles. The molecule has 53 heavy (non-hydrogen) atoms. The van der Waals surface area contributed by atoms with Crippen LogP contribution in [0, 0.1) is 43.4 Å². The van der Waals surface area contributed by atoms with E-state index in [0.29, 0.717) is 29.9 Å². The summed E-state index contributed by atoms with van der Waals surface area (Å²) >= 11 is 0. The molecule has 1 saturated heterocycles. The molecule has 1 spiro atoms. The van der Waals surface area contributed by atoms with Gasteiger partial charge in [-0.25, -0.2) is 22.9 Å². The molecule has 3 heterocycles. The summed E-state index contributed by atoms with van der Waals surface area (Å²) in [6, 6.07) is 12.3. The van der Waals surface area contributed by atoms with E-state index in [4.69, 9.17) is 9.47 Å². The van der Waals surface area contributed by atoms with E-state index in [9.17, 15) is 26.4 Å². The van der Waals surface area contributed by atoms with Gasteiger partial charge in [-0.3, -0.25) is 0 Å². The lowest BCUT2D eigenvalue weighted by atomic mass is 9.51. The number of halogens is 3. The fourth-order valence-electron chi connectivity index (χ4n) is 8.56. The van der Waals surface area contributed by atoms with E-state index in [-0.39, 0.29) is 47.2 Å². The fraction of sp³-hybridized carbons (Fsp3) is 0.575. The smallest absolute Gasteiger partial charge is 0.410 e. The number of carbonyl (C=O) groups excluding carboxylic acids is 1. The second-order valence-corrected chi connectivity index (χ2v) is 18.8. The van der Waals surface area contributed by atoms with Crippen LogP contribution in [0.25, 0.3) is 11.3 Å². The van der Waals surface area contributed by atoms with Crippen LogP contribution in [0.3, 0.4) is 0 Å². The molecule has 1 N–H and O–H groups in total. The Labute approximate surface area is 311 Å². The van der Waals surface area contributed by atoms with Gasteiger partial charge in [-0.05, 0) is 120 Å². The minimum Gasteiger partial charge on any atom is -0.477 e. The number of aromatic nitrogens is 2. The van der Waals surface area contributed by atoms with Crippen molar-refractivity contribution in [3.05, 3.63) is 64.7 Å². The van der Waals surface area contributed by atoms with E-state index in [1.807, 2.05) is 58.9 Å². The Kier molecular flexibility index (Phi) is 10.1. The van der Waals surface area contributed by atoms with Gasteiger partial charge in [0.15, 0.2) is 0 Å². The number of nitrogens with one attached hydrogen (secondary N) is 1. The molecule has 1 amide bonds. The zero-order chi connectivity index (χ0) is 38.7. The molecule has 13 heteroatoms. The van der Waals surface area contributed by atoms with Gasteiger partial charge in [-0.15, -0.1) is 0 Å². The van der Waals surface area contributed by atoms with E-state index in [1.54, 1.807) is 24.0 Å². The van der Waals surface area contributed by atoms with Crippen molar-refractivity contribution < 1.29 is 35.9 Å². The summed E-state index contributed by atoms with van der Waals surface area (Å²) in [4.78, 5) is 23.7. The summed E-state index contributed by atoms with van der Waals surface area (Å²) in [5, 5.41) is 0. The maximum absolute atomic E-state index is 14.6. The molecular weight excluding hydrogens is 706 g/mol. The normalized spacial score (nSPS) is 21.8. The van der Waals surface area contributed by atoms with Crippen LogP contribution < -0.4 is 9.46 Å². The zero-order valence-corrected chi connectivity index (χ0v) is 32.7. The zero-order valence-electron chi connectivity index (χ0n) is 31.9. The van der Waals surface area contributed by atoms with Crippen molar-refractivity contribution >= 4 is 22.1 Å². The molecule has 2 atom stereocenters. The Morgan fingerprint density at radius 1 is 0.981 bits per heavy atom. The minimum absolute atomic E-state index is 0.0191. The highest BCUT2D eigenvalue weighted by Crippen LogP contribution is 2.60. The van der Waals surface area contributed by atoms with Crippen molar-refractivity contribution in [2.24, 2.45) is 22.7 Å². The topological polar surface area (TPSA) is 111 Å². The number of amides is 1. The van der Waals surface area contributed by atoms with E-state index in [0.717, 1.165) is 42.4 Å². The average Bonchev–Trinajstić information content (AvgIpc) is 3.03. The highest BCUT2D eigenvalue weighted by atomic mass is 32.2. The quantitative estimate of drug-likeness (QED) is 0.283. The van der Waals surface area contributed by atoms with Crippen LogP contribution in [-0.4, -0.2) is 60.9 Å². The Balaban J connectivity index is 1.40. The number of likely N-dealkylation sites (tertiary alicyclic amines) is 1. The van der Waals surface area contributed by atoms with Gasteiger partial charge in [0.1, 0.15) is 5.60 Å². The van der Waals surface area contributed by atoms with Crippen LogP contribution in [0.1, 0.15) is 94.9 Å². The molecule has 1 unspecified atom stereocenters. The number of carbonyl (C=O) groups is 1. The fourth-order valence-corrected chi connectivity index (χ4v) is 9.56. The van der Waals surface area contributed by atoms with Gasteiger partial charge in [-0.2, -0.15) is 18.2 Å². The molecule has 9 nitrogen and oxygen atoms in total. The van der Waals surface area contributed by atoms with Gasteiger partial charge < -0.3 is 14.4 Å². The standard InChI is InChI=1S/C40H51F3N4O5S/c1-24-11-9-12-25(2)31(24)33-26(3)34-45-35(44-33)46-53(49,50)30-14-10-13-27(19-30)32(29(23-51-34)20-38(7,8)40(41,42)43)28-21-39(22-28)15-17-47(18-16-39)36(48)52-37(4,5)6/h9-14,19,28-29,32H,15-18,20-23H2,1-8H3,(H,44,45,46)/t29-,32?/m1/s1. The largest absolute Gasteiger partial charge is 0.477 e. The first-order valence-electron chi connectivity index (χ1n) is 18.3. The third kappa shape index (κ3) is 8.00. The molecular formula is C40H51F3N4O5S. The molecule has 3 aliphatic rings. The van der Waals surface area contributed by atoms with Crippen LogP contribution in [0.15, 0.2) is 47.4 Å². The monoisotopic (exact) mass is 756 g/mol. The van der Waals surface area contributed by atoms with Gasteiger partial charge in [-0.1, -0.05) is 44.2 Å². The highest BCUT2D eigenvalue weighted by Gasteiger charge is 2.54. The molecule has 6 rings (SSSR count). The summed E-state index contributed by atoms with van der Waals surface area (Å²) in [5.74, 6) is -1.20. The number of hydrogen-bond donors (Lipinski definition) is 1. The molecule has 4 bridgehead atoms. The predicted molar refractivity (Wildman–Crippen MR) is 197 cm³/mol. The number of piperidine rings is 1. The minimum atomic E-state index is -4.49. The number of benzene rings is 2. The maximum atomic E-state index is 14.6. The second kappa shape index (κ2) is 13.8. The van der Waals surface area contributed by atoms with E-state index < -0.39 is 39.1 Å². The lowest BCUT2D eigenvalue weighted by Gasteiger charge is -2.55. The van der Waals surface area contributed by atoms with Gasteiger partial charge in [0.25, 0.3) is 10.0 Å². The van der Waals surface area contributed by atoms with Crippen LogP contribution in [-0.2, 0) is 14.8 Å². The lowest BCUT2D eigenvalue weighted by molar-refractivity contribution is -0.219. The molecule has 1 saturated carbocycles. The number of ether oxygens (including phenoxy) is 2. The van der Waals surface area contributed by atoms with Crippen molar-refractivity contribution in [1.29, 1.82) is 0 Å². The number of anilines is 1. The van der Waals surface area contributed by atoms with E-state index >= 15 is 0 Å². The molecule has 2 aromatic carbocycles. The molecule has 2 aliphatic heterocycles. The van der Waals surface area contributed by atoms with Crippen LogP contribution in [0.4, 0.5) is 23.9 Å². The average molecular weight is 757 g/mol. The van der Waals surface area contributed by atoms with E-state index in [1.165, 1.54) is 19.9 Å². The number of nitrogens with zero attached hydrogens (tertiary/aromatic N) is 3. The Hall–Kier alpha value is -3.87. The highest BCUT2D eigenvalue weighted by molar-refractivity contribution is 7.92. The molecule has 288 valence electrons. The number of hydrogen-bond acceptors (Lipinski definition) is 7. The van der Waals surface area contributed by atoms with Gasteiger partial charge in [0, 0.05) is 30.1 Å². The molecule has 3 aromatic rings. The first-order chi connectivity index (χ1) is 24.6. The van der Waals surface area contributed by atoms with Crippen molar-refractivity contribution in [3.8, 4) is 17.1 Å². The SMILES string of the molecule is Cc1cccc(C)c1-c1nc2nc(c1C)OC[C@@H](CC(C)(C)C(F)(F)F)C(C1CC3(CCN(C(=O)OC(C)(C)C)CC3)C1)c1cccc(c1)S(=O)(=O)N2. The number of alkyl halides is 3. The van der Waals surface area contributed by atoms with Crippen LogP contribution in [0.2, 0.25) is 0 Å². The van der Waals surface area contributed by atoms with Gasteiger partial charge in [0.2, 0.25) is 11.8 Å². The summed E-state index contributed by atoms with van der Waals surface area (Å²) < 4.78 is 86.4. The first-order valence-corrected chi connectivity index (χ1v) is 19.8. The molecule has 1 aliphatic carbocycles. The summed E-state index contributed by atoms with van der Waals surface area (Å²) in [6.07, 6.45) is -2.08. The van der Waals surface area contributed by atoms with Crippen molar-refractivity contribution in [3.63, 3.8) is 0 Å². The predicted octanol–water partition coefficient (Wildman–Crippen LogP) is 9.37. The number of fused-ring (bicyclic) bond motifs is 4. The van der Waals surface area contributed by atoms with Gasteiger partial charge in [0.05, 0.1) is 22.6 Å². The number of aryl methyl sites for hydroxylation is 2. The van der Waals surface area contributed by atoms with Crippen LogP contribution in [0.5, 0.6) is 5.88 Å². The molecule has 0 radical (unpaired) electrons. The van der Waals surface area contributed by atoms with Crippen molar-refractivity contribution in [1.82, 2.24) is 14.9 Å². The Morgan fingerprint density at radius 3 is 2.21 bits per heavy atom. The summed E-state index contributed by atoms with van der Waals surface area (Å²) in [7, 11) is -4.21. The van der Waals surface area contributed by atoms with Crippen LogP contribution >= 0.6 is 0 Å². The Morgan fingerprint density at radius 2 is 1.60 bits per heavy atom. The number of sulfonamides is 1. The lowest BCUT2D eigenvalue weighted by Crippen LogP contribution is -2.51. The molecule has 2 fully saturated rings. The first kappa shape index (κ1) is 38.8. The number of rotatable bonds is 4. The summed E-state index contributed by atoms with van der Waals surface area (Å²) in [6.45, 7) is 14.6. The van der Waals surface area contributed by atoms with Gasteiger partial charge >= 0.3 is 12.3 Å². The van der Waals surface area contributed by atoms with E-state index in [2.05, 4.69) is 14.7 Å². The second-order valence-electron chi connectivity index (χ2n) is 17.1. The summed E-state index contributed by atoms with van der Waals surface area (Å²) in [5.41, 5.74) is 1.61. The van der Waals surface area contributed by atoms with Crippen molar-refractivity contribution in [2.75, 3.05) is 24.4 Å². The third-order valence-electron chi connectivity index (χ3n) is 11.5.